The second-order valence-corrected chi connectivity index (χ2v) is 9.41. The van der Waals surface area contributed by atoms with Gasteiger partial charge in [0.2, 0.25) is 0 Å². The van der Waals surface area contributed by atoms with Gasteiger partial charge in [-0.3, -0.25) is 4.79 Å². The third-order valence-corrected chi connectivity index (χ3v) is 6.53. The van der Waals surface area contributed by atoms with Crippen molar-refractivity contribution in [1.82, 2.24) is 0 Å². The number of amides is 1. The highest BCUT2D eigenvalue weighted by Gasteiger charge is 2.12. The molecule has 0 aliphatic carbocycles. The van der Waals surface area contributed by atoms with Gasteiger partial charge in [0.1, 0.15) is 5.75 Å². The molecule has 0 saturated heterocycles. The molecule has 0 spiro atoms. The van der Waals surface area contributed by atoms with Crippen molar-refractivity contribution >= 4 is 60.7 Å². The highest BCUT2D eigenvalue weighted by Crippen LogP contribution is 2.35. The Labute approximate surface area is 204 Å². The Morgan fingerprint density at radius 2 is 1.71 bits per heavy atom. The van der Waals surface area contributed by atoms with E-state index < -0.39 is 0 Å². The molecule has 0 bridgehead atoms. The summed E-state index contributed by atoms with van der Waals surface area (Å²) in [6, 6.07) is 15.6. The SMILES string of the molecule is Cc1ccc(NC(=O)COc2c(Br)cc(CNc3cccc(C)c3C)cc2Br)cc1Cl. The summed E-state index contributed by atoms with van der Waals surface area (Å²) in [6.07, 6.45) is 0. The number of halogens is 3. The summed E-state index contributed by atoms with van der Waals surface area (Å²) in [7, 11) is 0. The zero-order valence-electron chi connectivity index (χ0n) is 17.5. The smallest absolute Gasteiger partial charge is 0.262 e. The van der Waals surface area contributed by atoms with E-state index >= 15 is 0 Å². The molecular formula is C24H23Br2ClN2O2. The lowest BCUT2D eigenvalue weighted by Gasteiger charge is -2.15. The van der Waals surface area contributed by atoms with Gasteiger partial charge in [0.25, 0.3) is 5.91 Å². The Balaban J connectivity index is 1.61. The number of nitrogens with one attached hydrogen (secondary N) is 2. The summed E-state index contributed by atoms with van der Waals surface area (Å²) < 4.78 is 7.29. The van der Waals surface area contributed by atoms with Crippen molar-refractivity contribution in [3.63, 3.8) is 0 Å². The normalized spacial score (nSPS) is 10.6. The molecule has 0 saturated carbocycles. The summed E-state index contributed by atoms with van der Waals surface area (Å²) in [4.78, 5) is 12.3. The first-order valence-electron chi connectivity index (χ1n) is 9.71. The van der Waals surface area contributed by atoms with Crippen LogP contribution in [0.25, 0.3) is 0 Å². The van der Waals surface area contributed by atoms with Gasteiger partial charge in [-0.25, -0.2) is 0 Å². The van der Waals surface area contributed by atoms with Crippen LogP contribution in [0.4, 0.5) is 11.4 Å². The van der Waals surface area contributed by atoms with Gasteiger partial charge < -0.3 is 15.4 Å². The fourth-order valence-corrected chi connectivity index (χ4v) is 4.69. The van der Waals surface area contributed by atoms with E-state index in [-0.39, 0.29) is 12.5 Å². The number of rotatable bonds is 7. The number of hydrogen-bond acceptors (Lipinski definition) is 3. The molecule has 3 rings (SSSR count). The van der Waals surface area contributed by atoms with Gasteiger partial charge in [-0.05, 0) is 105 Å². The van der Waals surface area contributed by atoms with E-state index in [1.165, 1.54) is 11.1 Å². The topological polar surface area (TPSA) is 50.4 Å². The van der Waals surface area contributed by atoms with Crippen LogP contribution >= 0.6 is 43.5 Å². The molecule has 0 aliphatic heterocycles. The molecule has 0 aliphatic rings. The van der Waals surface area contributed by atoms with Crippen LogP contribution in [-0.4, -0.2) is 12.5 Å². The standard InChI is InChI=1S/C24H23Br2ClN2O2/c1-14-5-4-6-22(16(14)3)28-12-17-9-19(25)24(20(26)10-17)31-13-23(30)29-18-8-7-15(2)21(27)11-18/h4-11,28H,12-13H2,1-3H3,(H,29,30). The first kappa shape index (κ1) is 23.6. The Morgan fingerprint density at radius 3 is 2.39 bits per heavy atom. The fourth-order valence-electron chi connectivity index (χ4n) is 3.00. The number of carbonyl (C=O) groups excluding carboxylic acids is 1. The van der Waals surface area contributed by atoms with Gasteiger partial charge >= 0.3 is 0 Å². The fraction of sp³-hybridized carbons (Fsp3) is 0.208. The quantitative estimate of drug-likeness (QED) is 0.313. The lowest BCUT2D eigenvalue weighted by atomic mass is 10.1. The molecule has 31 heavy (non-hydrogen) atoms. The number of carbonyl (C=O) groups is 1. The average Bonchev–Trinajstić information content (AvgIpc) is 2.71. The van der Waals surface area contributed by atoms with E-state index in [1.807, 2.05) is 37.3 Å². The van der Waals surface area contributed by atoms with Crippen LogP contribution in [0.5, 0.6) is 5.75 Å². The molecule has 162 valence electrons. The average molecular weight is 567 g/mol. The molecule has 0 aromatic heterocycles. The molecule has 7 heteroatoms. The molecule has 0 heterocycles. The second-order valence-electron chi connectivity index (χ2n) is 7.29. The molecule has 0 radical (unpaired) electrons. The Morgan fingerprint density at radius 1 is 1.00 bits per heavy atom. The van der Waals surface area contributed by atoms with Crippen LogP contribution in [-0.2, 0) is 11.3 Å². The van der Waals surface area contributed by atoms with Crippen LogP contribution in [0, 0.1) is 20.8 Å². The van der Waals surface area contributed by atoms with E-state index in [0.717, 1.165) is 25.8 Å². The maximum Gasteiger partial charge on any atom is 0.262 e. The summed E-state index contributed by atoms with van der Waals surface area (Å²) in [6.45, 7) is 6.66. The Hall–Kier alpha value is -2.02. The zero-order chi connectivity index (χ0) is 22.5. The van der Waals surface area contributed by atoms with Crippen molar-refractivity contribution < 1.29 is 9.53 Å². The number of benzene rings is 3. The van der Waals surface area contributed by atoms with Gasteiger partial charge in [-0.15, -0.1) is 0 Å². The molecule has 2 N–H and O–H groups in total. The molecule has 1 amide bonds. The number of hydrogen-bond donors (Lipinski definition) is 2. The summed E-state index contributed by atoms with van der Waals surface area (Å²) in [5, 5.41) is 6.87. The predicted octanol–water partition coefficient (Wildman–Crippen LogP) is 7.42. The zero-order valence-corrected chi connectivity index (χ0v) is 21.4. The summed E-state index contributed by atoms with van der Waals surface area (Å²) in [5.74, 6) is 0.312. The van der Waals surface area contributed by atoms with E-state index in [9.17, 15) is 4.79 Å². The highest BCUT2D eigenvalue weighted by atomic mass is 79.9. The molecule has 4 nitrogen and oxygen atoms in total. The van der Waals surface area contributed by atoms with Crippen LogP contribution in [0.1, 0.15) is 22.3 Å². The summed E-state index contributed by atoms with van der Waals surface area (Å²) >= 11 is 13.2. The van der Waals surface area contributed by atoms with E-state index in [1.54, 1.807) is 6.07 Å². The van der Waals surface area contributed by atoms with E-state index in [4.69, 9.17) is 16.3 Å². The third-order valence-electron chi connectivity index (χ3n) is 4.95. The van der Waals surface area contributed by atoms with Gasteiger partial charge in [0.05, 0.1) is 8.95 Å². The lowest BCUT2D eigenvalue weighted by molar-refractivity contribution is -0.118. The van der Waals surface area contributed by atoms with Crippen molar-refractivity contribution in [2.75, 3.05) is 17.2 Å². The van der Waals surface area contributed by atoms with Crippen molar-refractivity contribution in [3.8, 4) is 5.75 Å². The van der Waals surface area contributed by atoms with Crippen molar-refractivity contribution in [1.29, 1.82) is 0 Å². The maximum atomic E-state index is 12.3. The van der Waals surface area contributed by atoms with Gasteiger partial charge in [0, 0.05) is 22.9 Å². The van der Waals surface area contributed by atoms with Crippen LogP contribution in [0.15, 0.2) is 57.5 Å². The molecule has 0 atom stereocenters. The predicted molar refractivity (Wildman–Crippen MR) is 135 cm³/mol. The minimum absolute atomic E-state index is 0.122. The van der Waals surface area contributed by atoms with Crippen molar-refractivity contribution in [2.24, 2.45) is 0 Å². The van der Waals surface area contributed by atoms with Crippen molar-refractivity contribution in [3.05, 3.63) is 84.8 Å². The van der Waals surface area contributed by atoms with Crippen molar-refractivity contribution in [2.45, 2.75) is 27.3 Å². The maximum absolute atomic E-state index is 12.3. The van der Waals surface area contributed by atoms with E-state index in [2.05, 4.69) is 68.5 Å². The highest BCUT2D eigenvalue weighted by molar-refractivity contribution is 9.11. The molecule has 0 unspecified atom stereocenters. The summed E-state index contributed by atoms with van der Waals surface area (Å²) in [5.41, 5.74) is 6.26. The first-order valence-corrected chi connectivity index (χ1v) is 11.7. The number of anilines is 2. The lowest BCUT2D eigenvalue weighted by Crippen LogP contribution is -2.20. The monoisotopic (exact) mass is 564 g/mol. The molecule has 0 fully saturated rings. The minimum Gasteiger partial charge on any atom is -0.481 e. The Bertz CT molecular complexity index is 1100. The molecule has 3 aromatic rings. The first-order chi connectivity index (χ1) is 14.7. The number of aryl methyl sites for hydroxylation is 2. The molecule has 3 aromatic carbocycles. The van der Waals surface area contributed by atoms with Gasteiger partial charge in [-0.2, -0.15) is 0 Å². The minimum atomic E-state index is -0.264. The van der Waals surface area contributed by atoms with Crippen LogP contribution in [0.2, 0.25) is 5.02 Å². The second kappa shape index (κ2) is 10.5. The number of ether oxygens (including phenoxy) is 1. The largest absolute Gasteiger partial charge is 0.481 e. The molecular weight excluding hydrogens is 544 g/mol. The Kier molecular flexibility index (Phi) is 8.03. The van der Waals surface area contributed by atoms with E-state index in [0.29, 0.717) is 23.0 Å². The van der Waals surface area contributed by atoms with Gasteiger partial charge in [0.15, 0.2) is 6.61 Å². The van der Waals surface area contributed by atoms with Crippen LogP contribution in [0.3, 0.4) is 0 Å². The third kappa shape index (κ3) is 6.25. The van der Waals surface area contributed by atoms with Gasteiger partial charge in [-0.1, -0.05) is 29.8 Å². The van der Waals surface area contributed by atoms with Crippen LogP contribution < -0.4 is 15.4 Å².